The first-order valence-electron chi connectivity index (χ1n) is 9.18. The molecule has 0 saturated heterocycles. The zero-order valence-corrected chi connectivity index (χ0v) is 16.6. The minimum absolute atomic E-state index is 0.252. The number of aromatic nitrogens is 2. The highest BCUT2D eigenvalue weighted by atomic mass is 19.1. The van der Waals surface area contributed by atoms with Crippen molar-refractivity contribution in [1.82, 2.24) is 9.55 Å². The molecule has 154 valence electrons. The van der Waals surface area contributed by atoms with E-state index in [0.29, 0.717) is 40.4 Å². The maximum atomic E-state index is 13.2. The van der Waals surface area contributed by atoms with Crippen molar-refractivity contribution in [2.24, 2.45) is 4.99 Å². The Morgan fingerprint density at radius 1 is 1.10 bits per heavy atom. The second-order valence-electron chi connectivity index (χ2n) is 6.65. The van der Waals surface area contributed by atoms with Crippen LogP contribution in [0.15, 0.2) is 58.3 Å². The number of nitrogens with one attached hydrogen (secondary N) is 2. The molecule has 0 radical (unpaired) electrons. The van der Waals surface area contributed by atoms with Crippen molar-refractivity contribution in [3.8, 4) is 11.5 Å². The molecule has 2 aromatic carbocycles. The van der Waals surface area contributed by atoms with Crippen LogP contribution in [0.2, 0.25) is 0 Å². The highest BCUT2D eigenvalue weighted by molar-refractivity contribution is 6.03. The molecule has 0 bridgehead atoms. The monoisotopic (exact) mass is 409 g/mol. The number of methoxy groups -OCH3 is 2. The van der Waals surface area contributed by atoms with Gasteiger partial charge in [0.25, 0.3) is 5.56 Å². The summed E-state index contributed by atoms with van der Waals surface area (Å²) in [6.45, 7) is 1.74. The fourth-order valence-corrected chi connectivity index (χ4v) is 3.22. The van der Waals surface area contributed by atoms with Crippen molar-refractivity contribution in [2.45, 2.75) is 13.1 Å². The molecule has 1 atom stereocenters. The number of hydrogen-bond acceptors (Lipinski definition) is 7. The van der Waals surface area contributed by atoms with Crippen LogP contribution in [-0.4, -0.2) is 29.7 Å². The van der Waals surface area contributed by atoms with Gasteiger partial charge in [0.2, 0.25) is 11.9 Å². The molecule has 0 unspecified atom stereocenters. The van der Waals surface area contributed by atoms with E-state index in [1.54, 1.807) is 44.4 Å². The third-order valence-corrected chi connectivity index (χ3v) is 4.63. The van der Waals surface area contributed by atoms with Gasteiger partial charge in [0.15, 0.2) is 6.17 Å². The molecule has 0 aliphatic carbocycles. The molecule has 2 heterocycles. The number of rotatable bonds is 4. The number of benzene rings is 2. The lowest BCUT2D eigenvalue weighted by Crippen LogP contribution is -2.37. The fourth-order valence-electron chi connectivity index (χ4n) is 3.22. The second kappa shape index (κ2) is 7.86. The topological polar surface area (TPSA) is 89.8 Å². The first-order valence-corrected chi connectivity index (χ1v) is 9.18. The van der Waals surface area contributed by atoms with E-state index >= 15 is 0 Å². The third kappa shape index (κ3) is 3.69. The summed E-state index contributed by atoms with van der Waals surface area (Å²) in [7, 11) is 3.10. The van der Waals surface area contributed by atoms with Crippen LogP contribution >= 0.6 is 0 Å². The lowest BCUT2D eigenvalue weighted by Gasteiger charge is -2.28. The zero-order chi connectivity index (χ0) is 21.3. The van der Waals surface area contributed by atoms with Crippen LogP contribution in [0.1, 0.15) is 17.4 Å². The maximum Gasteiger partial charge on any atom is 0.257 e. The Morgan fingerprint density at radius 3 is 2.57 bits per heavy atom. The molecule has 1 aliphatic heterocycles. The molecule has 2 N–H and O–H groups in total. The van der Waals surface area contributed by atoms with Crippen LogP contribution in [0, 0.1) is 12.7 Å². The number of anilines is 2. The van der Waals surface area contributed by atoms with Crippen LogP contribution in [-0.2, 0) is 0 Å². The second-order valence-corrected chi connectivity index (χ2v) is 6.65. The van der Waals surface area contributed by atoms with Gasteiger partial charge in [-0.2, -0.15) is 0 Å². The van der Waals surface area contributed by atoms with Crippen LogP contribution in [0.3, 0.4) is 0 Å². The highest BCUT2D eigenvalue weighted by Gasteiger charge is 2.27. The van der Waals surface area contributed by atoms with Crippen molar-refractivity contribution in [3.05, 3.63) is 76.0 Å². The summed E-state index contributed by atoms with van der Waals surface area (Å²) in [5, 5.41) is 6.13. The molecule has 0 saturated carbocycles. The number of nitrogens with zero attached hydrogens (tertiary/aromatic N) is 3. The van der Waals surface area contributed by atoms with E-state index in [-0.39, 0.29) is 11.4 Å². The molecule has 30 heavy (non-hydrogen) atoms. The summed E-state index contributed by atoms with van der Waals surface area (Å²) >= 11 is 0. The standard InChI is InChI=1S/C21H20FN5O3/c1-12-10-18(28)27-19(16-9-8-15(29-2)11-17(16)30-3)25-20(26-21(27)23-12)24-14-6-4-13(22)5-7-14/h4-11,19H,1-3H3,(H2,23,24,25,26)/t19-/m1/s1. The average molecular weight is 409 g/mol. The van der Waals surface area contributed by atoms with E-state index in [0.717, 1.165) is 0 Å². The summed E-state index contributed by atoms with van der Waals surface area (Å²) < 4.78 is 25.5. The minimum Gasteiger partial charge on any atom is -0.497 e. The van der Waals surface area contributed by atoms with Gasteiger partial charge in [-0.05, 0) is 43.3 Å². The summed E-state index contributed by atoms with van der Waals surface area (Å²) in [5.74, 6) is 1.50. The van der Waals surface area contributed by atoms with Crippen molar-refractivity contribution in [3.63, 3.8) is 0 Å². The van der Waals surface area contributed by atoms with E-state index in [1.807, 2.05) is 0 Å². The maximum absolute atomic E-state index is 13.2. The van der Waals surface area contributed by atoms with E-state index in [2.05, 4.69) is 20.6 Å². The molecule has 4 rings (SSSR count). The Bertz CT molecular complexity index is 1170. The number of guanidine groups is 1. The quantitative estimate of drug-likeness (QED) is 0.688. The van der Waals surface area contributed by atoms with Gasteiger partial charge in [-0.25, -0.2) is 14.4 Å². The van der Waals surface area contributed by atoms with Crippen LogP contribution in [0.25, 0.3) is 0 Å². The molecule has 0 spiro atoms. The average Bonchev–Trinajstić information content (AvgIpc) is 2.74. The molecule has 1 aromatic heterocycles. The number of fused-ring (bicyclic) bond motifs is 1. The van der Waals surface area contributed by atoms with Crippen LogP contribution < -0.4 is 25.7 Å². The zero-order valence-electron chi connectivity index (χ0n) is 16.6. The number of hydrogen-bond donors (Lipinski definition) is 2. The Morgan fingerprint density at radius 2 is 1.87 bits per heavy atom. The number of aliphatic imine (C=N–C) groups is 1. The normalized spacial score (nSPS) is 14.9. The van der Waals surface area contributed by atoms with Gasteiger partial charge in [0.1, 0.15) is 17.3 Å². The van der Waals surface area contributed by atoms with Gasteiger partial charge in [-0.1, -0.05) is 0 Å². The molecule has 1 aliphatic rings. The van der Waals surface area contributed by atoms with Gasteiger partial charge < -0.3 is 14.8 Å². The Kier molecular flexibility index (Phi) is 5.09. The van der Waals surface area contributed by atoms with Crippen molar-refractivity contribution in [1.29, 1.82) is 0 Å². The molecular formula is C21H20FN5O3. The lowest BCUT2D eigenvalue weighted by atomic mass is 10.1. The van der Waals surface area contributed by atoms with Crippen molar-refractivity contribution >= 4 is 17.6 Å². The summed E-state index contributed by atoms with van der Waals surface area (Å²) in [5.41, 5.74) is 1.61. The van der Waals surface area contributed by atoms with E-state index in [4.69, 9.17) is 9.47 Å². The van der Waals surface area contributed by atoms with Gasteiger partial charge in [0.05, 0.1) is 14.2 Å². The predicted molar refractivity (Wildman–Crippen MR) is 112 cm³/mol. The summed E-state index contributed by atoms with van der Waals surface area (Å²) in [6.07, 6.45) is -0.731. The molecule has 8 nitrogen and oxygen atoms in total. The summed E-state index contributed by atoms with van der Waals surface area (Å²) in [6, 6.07) is 12.6. The molecular weight excluding hydrogens is 389 g/mol. The highest BCUT2D eigenvalue weighted by Crippen LogP contribution is 2.34. The number of aryl methyl sites for hydroxylation is 1. The van der Waals surface area contributed by atoms with Gasteiger partial charge in [-0.3, -0.25) is 14.7 Å². The van der Waals surface area contributed by atoms with Crippen molar-refractivity contribution < 1.29 is 13.9 Å². The largest absolute Gasteiger partial charge is 0.497 e. The van der Waals surface area contributed by atoms with E-state index < -0.39 is 6.17 Å². The Labute approximate surface area is 172 Å². The molecule has 0 amide bonds. The van der Waals surface area contributed by atoms with E-state index in [1.165, 1.54) is 29.9 Å². The first kappa shape index (κ1) is 19.4. The van der Waals surface area contributed by atoms with Gasteiger partial charge in [-0.15, -0.1) is 0 Å². The predicted octanol–water partition coefficient (Wildman–Crippen LogP) is 3.15. The van der Waals surface area contributed by atoms with E-state index in [9.17, 15) is 9.18 Å². The first-order chi connectivity index (χ1) is 14.5. The third-order valence-electron chi connectivity index (χ3n) is 4.63. The van der Waals surface area contributed by atoms with Gasteiger partial charge >= 0.3 is 0 Å². The lowest BCUT2D eigenvalue weighted by molar-refractivity contribution is 0.385. The Hall–Kier alpha value is -3.88. The fraction of sp³-hybridized carbons (Fsp3) is 0.190. The van der Waals surface area contributed by atoms with Crippen LogP contribution in [0.4, 0.5) is 16.0 Å². The minimum atomic E-state index is -0.731. The smallest absolute Gasteiger partial charge is 0.257 e. The van der Waals surface area contributed by atoms with Gasteiger partial charge in [0, 0.05) is 29.1 Å². The molecule has 9 heteroatoms. The molecule has 0 fully saturated rings. The number of ether oxygens (including phenoxy) is 2. The van der Waals surface area contributed by atoms with Crippen LogP contribution in [0.5, 0.6) is 11.5 Å². The SMILES string of the molecule is COc1ccc([C@@H]2N=C(Nc3ccc(F)cc3)Nc3nc(C)cc(=O)n32)c(OC)c1. The number of halogens is 1. The molecule has 3 aromatic rings. The summed E-state index contributed by atoms with van der Waals surface area (Å²) in [4.78, 5) is 21.9. The van der Waals surface area contributed by atoms with Crippen molar-refractivity contribution in [2.75, 3.05) is 24.9 Å². The Balaban J connectivity index is 1.83.